The molecule has 0 saturated heterocycles. The first-order chi connectivity index (χ1) is 5.66. The Morgan fingerprint density at radius 3 is 0.357 bits per heavy atom. The maximum absolute atomic E-state index is 2.00. The fourth-order valence-electron chi connectivity index (χ4n) is 0. The van der Waals surface area contributed by atoms with Gasteiger partial charge in [-0.05, 0) is 0 Å². The third-order valence-corrected chi connectivity index (χ3v) is 0. The normalized spacial score (nSPS) is 5.14. The molecule has 0 aliphatic heterocycles. The molecule has 0 aromatic heterocycles. The molecular formula is C12H28Zn2. The minimum Gasteiger partial charge on any atom is -0.335 e. The summed E-state index contributed by atoms with van der Waals surface area (Å²) in [6.07, 6.45) is 8.00. The van der Waals surface area contributed by atoms with Crippen molar-refractivity contribution in [3.8, 4) is 0 Å². The van der Waals surface area contributed by atoms with E-state index in [9.17, 15) is 0 Å². The summed E-state index contributed by atoms with van der Waals surface area (Å²) < 4.78 is 0. The Hall–Kier alpha value is 1.25. The molecule has 0 heterocycles. The molecule has 0 aliphatic carbocycles. The van der Waals surface area contributed by atoms with Crippen LogP contribution in [0.25, 0.3) is 0 Å². The fourth-order valence-corrected chi connectivity index (χ4v) is 0. The summed E-state index contributed by atoms with van der Waals surface area (Å²) in [5, 5.41) is 0. The number of hydrogen-bond acceptors (Lipinski definition) is 0. The van der Waals surface area contributed by atoms with Crippen molar-refractivity contribution in [2.75, 3.05) is 0 Å². The van der Waals surface area contributed by atoms with Crippen LogP contribution in [0.3, 0.4) is 0 Å². The standard InChI is InChI=1S/4C3H7.2Zn/c4*1-3-2;;/h4*3H,1-2H3;;/q4*-1;2*+2. The van der Waals surface area contributed by atoms with E-state index in [1.807, 2.05) is 81.1 Å². The van der Waals surface area contributed by atoms with Gasteiger partial charge in [0.25, 0.3) is 0 Å². The summed E-state index contributed by atoms with van der Waals surface area (Å²) in [7, 11) is 0. The van der Waals surface area contributed by atoms with Crippen molar-refractivity contribution in [2.45, 2.75) is 55.4 Å². The molecule has 0 aliphatic rings. The van der Waals surface area contributed by atoms with Gasteiger partial charge >= 0.3 is 39.0 Å². The Kier molecular flexibility index (Phi) is 235. The van der Waals surface area contributed by atoms with E-state index in [2.05, 4.69) is 0 Å². The van der Waals surface area contributed by atoms with Crippen LogP contribution in [0.15, 0.2) is 0 Å². The molecule has 0 saturated carbocycles. The molecule has 0 rings (SSSR count). The van der Waals surface area contributed by atoms with Gasteiger partial charge in [0.05, 0.1) is 0 Å². The Labute approximate surface area is 120 Å². The first-order valence-corrected chi connectivity index (χ1v) is 4.62. The predicted octanol–water partition coefficient (Wildman–Crippen LogP) is 4.92. The van der Waals surface area contributed by atoms with Gasteiger partial charge in [-0.15, -0.1) is 0 Å². The summed E-state index contributed by atoms with van der Waals surface area (Å²) in [6.45, 7) is 16.0. The van der Waals surface area contributed by atoms with Gasteiger partial charge in [0.15, 0.2) is 0 Å². The smallest absolute Gasteiger partial charge is 0.335 e. The van der Waals surface area contributed by atoms with Gasteiger partial charge in [-0.3, -0.25) is 0 Å². The molecule has 80 valence electrons. The van der Waals surface area contributed by atoms with Gasteiger partial charge in [-0.1, -0.05) is 0 Å². The molecule has 0 nitrogen and oxygen atoms in total. The van der Waals surface area contributed by atoms with E-state index in [1.54, 1.807) is 0 Å². The van der Waals surface area contributed by atoms with Crippen LogP contribution in [0, 0.1) is 25.7 Å². The second-order valence-electron chi connectivity index (χ2n) is 2.31. The first-order valence-electron chi connectivity index (χ1n) is 4.62. The van der Waals surface area contributed by atoms with Gasteiger partial charge in [0, 0.05) is 0 Å². The second kappa shape index (κ2) is 90.8. The van der Waals surface area contributed by atoms with Crippen LogP contribution < -0.4 is 0 Å². The average Bonchev–Trinajstić information content (AvgIpc) is 1.92. The molecular weight excluding hydrogens is 275 g/mol. The Balaban J connectivity index is -0.0000000145. The number of rotatable bonds is 0. The zero-order chi connectivity index (χ0) is 10.8. The van der Waals surface area contributed by atoms with Gasteiger partial charge in [-0.2, -0.15) is 55.4 Å². The van der Waals surface area contributed by atoms with Crippen molar-refractivity contribution >= 4 is 0 Å². The molecule has 0 amide bonds. The molecule has 0 atom stereocenters. The third kappa shape index (κ3) is 1280. The van der Waals surface area contributed by atoms with Crippen molar-refractivity contribution in [1.29, 1.82) is 0 Å². The molecule has 0 radical (unpaired) electrons. The Morgan fingerprint density at radius 1 is 0.357 bits per heavy atom. The van der Waals surface area contributed by atoms with Crippen molar-refractivity contribution < 1.29 is 39.0 Å². The molecule has 2 heteroatoms. The van der Waals surface area contributed by atoms with E-state index < -0.39 is 0 Å². The summed E-state index contributed by atoms with van der Waals surface area (Å²) in [5.74, 6) is 0. The molecule has 0 fully saturated rings. The zero-order valence-corrected chi connectivity index (χ0v) is 17.7. The monoisotopic (exact) mass is 300 g/mol. The van der Waals surface area contributed by atoms with Crippen LogP contribution in [-0.2, 0) is 39.0 Å². The quantitative estimate of drug-likeness (QED) is 0.440. The van der Waals surface area contributed by atoms with E-state index in [0.717, 1.165) is 0 Å². The molecule has 0 N–H and O–H groups in total. The van der Waals surface area contributed by atoms with Gasteiger partial charge < -0.3 is 25.7 Å². The average molecular weight is 303 g/mol. The first kappa shape index (κ1) is 36.2. The predicted molar refractivity (Wildman–Crippen MR) is 62.6 cm³/mol. The van der Waals surface area contributed by atoms with Crippen molar-refractivity contribution in [2.24, 2.45) is 0 Å². The molecule has 0 unspecified atom stereocenters. The van der Waals surface area contributed by atoms with Crippen LogP contribution in [0.2, 0.25) is 0 Å². The second-order valence-corrected chi connectivity index (χ2v) is 2.31. The minimum absolute atomic E-state index is 0. The maximum atomic E-state index is 2.00. The molecule has 14 heavy (non-hydrogen) atoms. The fraction of sp³-hybridized carbons (Fsp3) is 0.667. The van der Waals surface area contributed by atoms with Crippen LogP contribution in [0.4, 0.5) is 0 Å². The van der Waals surface area contributed by atoms with E-state index in [-0.39, 0.29) is 39.0 Å². The van der Waals surface area contributed by atoms with Crippen LogP contribution >= 0.6 is 0 Å². The van der Waals surface area contributed by atoms with E-state index in [1.165, 1.54) is 0 Å². The molecule has 0 aromatic carbocycles. The van der Waals surface area contributed by atoms with Crippen LogP contribution in [0.5, 0.6) is 0 Å². The topological polar surface area (TPSA) is 0 Å². The summed E-state index contributed by atoms with van der Waals surface area (Å²) >= 11 is 0. The van der Waals surface area contributed by atoms with Crippen molar-refractivity contribution in [1.82, 2.24) is 0 Å². The summed E-state index contributed by atoms with van der Waals surface area (Å²) in [4.78, 5) is 0. The number of hydrogen-bond donors (Lipinski definition) is 0. The summed E-state index contributed by atoms with van der Waals surface area (Å²) in [6, 6.07) is 0. The van der Waals surface area contributed by atoms with E-state index in [4.69, 9.17) is 0 Å². The van der Waals surface area contributed by atoms with E-state index in [0.29, 0.717) is 0 Å². The van der Waals surface area contributed by atoms with Crippen LogP contribution in [-0.4, -0.2) is 0 Å². The van der Waals surface area contributed by atoms with Crippen molar-refractivity contribution in [3.63, 3.8) is 0 Å². The molecule has 0 aromatic rings. The maximum Gasteiger partial charge on any atom is 2.00 e. The molecule has 0 spiro atoms. The van der Waals surface area contributed by atoms with Crippen LogP contribution in [0.1, 0.15) is 55.4 Å². The van der Waals surface area contributed by atoms with Gasteiger partial charge in [0.2, 0.25) is 0 Å². The van der Waals surface area contributed by atoms with E-state index >= 15 is 0 Å². The summed E-state index contributed by atoms with van der Waals surface area (Å²) in [5.41, 5.74) is 0. The zero-order valence-electron chi connectivity index (χ0n) is 11.7. The largest absolute Gasteiger partial charge is 2.00 e. The Morgan fingerprint density at radius 2 is 0.357 bits per heavy atom. The third-order valence-electron chi connectivity index (χ3n) is 0. The van der Waals surface area contributed by atoms with Crippen molar-refractivity contribution in [3.05, 3.63) is 25.7 Å². The minimum atomic E-state index is 0. The van der Waals surface area contributed by atoms with Gasteiger partial charge in [0.1, 0.15) is 0 Å². The molecule has 0 bridgehead atoms. The Bertz CT molecular complexity index is 16.3. The SMILES string of the molecule is C[CH-]C.C[CH-]C.C[CH-]C.C[CH-]C.[Zn+2].[Zn+2]. The van der Waals surface area contributed by atoms with Gasteiger partial charge in [-0.25, -0.2) is 0 Å².